The molecule has 2 aliphatic rings. The maximum Gasteiger partial charge on any atom is 0.295 e. The number of imidazole rings is 1. The Hall–Kier alpha value is -2.90. The third-order valence-corrected chi connectivity index (χ3v) is 6.41. The van der Waals surface area contributed by atoms with Crippen molar-refractivity contribution in [2.75, 3.05) is 13.2 Å². The maximum absolute atomic E-state index is 9.91. The zero-order chi connectivity index (χ0) is 21.7. The molecule has 6 nitrogen and oxygen atoms in total. The Morgan fingerprint density at radius 2 is 1.62 bits per heavy atom. The molecule has 1 aromatic heterocycles. The molecule has 4 aromatic rings. The Balaban J connectivity index is 1.26. The summed E-state index contributed by atoms with van der Waals surface area (Å²) in [6.07, 6.45) is -1.57. The van der Waals surface area contributed by atoms with Crippen molar-refractivity contribution in [2.24, 2.45) is 0 Å². The van der Waals surface area contributed by atoms with Gasteiger partial charge in [0, 0.05) is 5.56 Å². The number of nitrogens with zero attached hydrogens (tertiary/aromatic N) is 1. The van der Waals surface area contributed by atoms with Crippen LogP contribution in [0.3, 0.4) is 0 Å². The van der Waals surface area contributed by atoms with E-state index in [-0.39, 0.29) is 24.9 Å². The van der Waals surface area contributed by atoms with Crippen LogP contribution in [0, 0.1) is 0 Å². The minimum atomic E-state index is -0.612. The number of halogens is 1. The highest BCUT2D eigenvalue weighted by Gasteiger charge is 2.48. The summed E-state index contributed by atoms with van der Waals surface area (Å²) >= 11 is 6.61. The number of aliphatic hydroxyl groups excluding tert-OH is 1. The first-order chi connectivity index (χ1) is 15.7. The summed E-state index contributed by atoms with van der Waals surface area (Å²) in [7, 11) is 0. The fraction of sp³-hybridized carbons (Fsp3) is 0.240. The summed E-state index contributed by atoms with van der Waals surface area (Å²) in [6, 6.07) is 22.8. The molecule has 7 heteroatoms. The minimum absolute atomic E-state index is 0.261. The minimum Gasteiger partial charge on any atom is -0.456 e. The number of H-pyrrole nitrogens is 1. The van der Waals surface area contributed by atoms with Crippen molar-refractivity contribution in [1.29, 1.82) is 0 Å². The molecular formula is C25H21ClN2O4. The van der Waals surface area contributed by atoms with Crippen molar-refractivity contribution in [3.8, 4) is 28.3 Å². The van der Waals surface area contributed by atoms with Crippen molar-refractivity contribution in [2.45, 2.75) is 24.4 Å². The zero-order valence-electron chi connectivity index (χ0n) is 17.1. The van der Waals surface area contributed by atoms with Crippen molar-refractivity contribution >= 4 is 22.6 Å². The molecule has 3 heterocycles. The summed E-state index contributed by atoms with van der Waals surface area (Å²) < 4.78 is 17.2. The lowest BCUT2D eigenvalue weighted by atomic mass is 10.00. The van der Waals surface area contributed by atoms with Crippen molar-refractivity contribution in [3.05, 3.63) is 71.8 Å². The predicted octanol–water partition coefficient (Wildman–Crippen LogP) is 4.46. The molecule has 0 unspecified atom stereocenters. The lowest BCUT2D eigenvalue weighted by Crippen LogP contribution is -2.34. The van der Waals surface area contributed by atoms with Gasteiger partial charge in [-0.15, -0.1) is 0 Å². The Bertz CT molecular complexity index is 1260. The molecule has 0 bridgehead atoms. The monoisotopic (exact) mass is 448 g/mol. The predicted molar refractivity (Wildman–Crippen MR) is 122 cm³/mol. The van der Waals surface area contributed by atoms with E-state index in [0.717, 1.165) is 27.7 Å². The number of ether oxygens (including phenoxy) is 3. The Morgan fingerprint density at radius 1 is 0.906 bits per heavy atom. The molecule has 0 radical (unpaired) electrons. The summed E-state index contributed by atoms with van der Waals surface area (Å²) in [5, 5.41) is 10.5. The number of aromatic amines is 1. The van der Waals surface area contributed by atoms with E-state index < -0.39 is 6.10 Å². The van der Waals surface area contributed by atoms with Gasteiger partial charge in [0.2, 0.25) is 0 Å². The van der Waals surface area contributed by atoms with E-state index >= 15 is 0 Å². The summed E-state index contributed by atoms with van der Waals surface area (Å²) in [6.45, 7) is 0.612. The fourth-order valence-corrected chi connectivity index (χ4v) is 4.72. The van der Waals surface area contributed by atoms with Gasteiger partial charge in [0.05, 0.1) is 29.3 Å². The lowest BCUT2D eigenvalue weighted by Gasteiger charge is -2.15. The highest BCUT2D eigenvalue weighted by atomic mass is 35.5. The largest absolute Gasteiger partial charge is 0.456 e. The molecule has 0 spiro atoms. The number of hydrogen-bond donors (Lipinski definition) is 2. The second-order valence-corrected chi connectivity index (χ2v) is 8.56. The molecule has 0 saturated carbocycles. The van der Waals surface area contributed by atoms with Gasteiger partial charge in [-0.25, -0.2) is 0 Å². The topological polar surface area (TPSA) is 76.6 Å². The first-order valence-electron chi connectivity index (χ1n) is 10.6. The first kappa shape index (κ1) is 19.8. The van der Waals surface area contributed by atoms with Gasteiger partial charge in [-0.05, 0) is 28.8 Å². The van der Waals surface area contributed by atoms with Gasteiger partial charge in [-0.1, -0.05) is 66.2 Å². The molecule has 4 atom stereocenters. The number of aromatic nitrogens is 2. The number of benzene rings is 3. The van der Waals surface area contributed by atoms with Crippen molar-refractivity contribution in [3.63, 3.8) is 0 Å². The summed E-state index contributed by atoms with van der Waals surface area (Å²) in [5.41, 5.74) is 5.79. The third kappa shape index (κ3) is 3.45. The van der Waals surface area contributed by atoms with E-state index in [9.17, 15) is 5.11 Å². The van der Waals surface area contributed by atoms with Crippen LogP contribution in [0.1, 0.15) is 0 Å². The van der Waals surface area contributed by atoms with Crippen molar-refractivity contribution < 1.29 is 19.3 Å². The molecule has 162 valence electrons. The highest BCUT2D eigenvalue weighted by Crippen LogP contribution is 2.34. The van der Waals surface area contributed by atoms with Crippen LogP contribution in [-0.4, -0.2) is 52.7 Å². The van der Waals surface area contributed by atoms with Crippen LogP contribution in [-0.2, 0) is 9.47 Å². The number of rotatable bonds is 4. The first-order valence-corrected chi connectivity index (χ1v) is 11.0. The van der Waals surface area contributed by atoms with Crippen LogP contribution in [0.25, 0.3) is 33.3 Å². The van der Waals surface area contributed by atoms with E-state index in [1.807, 2.05) is 30.3 Å². The van der Waals surface area contributed by atoms with Crippen LogP contribution in [0.15, 0.2) is 66.7 Å². The number of hydrogen-bond acceptors (Lipinski definition) is 5. The highest BCUT2D eigenvalue weighted by molar-refractivity contribution is 6.34. The molecule has 0 amide bonds. The lowest BCUT2D eigenvalue weighted by molar-refractivity contribution is 0.00706. The molecule has 6 rings (SSSR count). The van der Waals surface area contributed by atoms with Crippen LogP contribution in [0.5, 0.6) is 6.01 Å². The van der Waals surface area contributed by atoms with Crippen LogP contribution >= 0.6 is 11.6 Å². The normalized spacial score (nSPS) is 24.7. The zero-order valence-corrected chi connectivity index (χ0v) is 17.8. The Kier molecular flexibility index (Phi) is 4.88. The summed E-state index contributed by atoms with van der Waals surface area (Å²) in [5.74, 6) is 0. The van der Waals surface area contributed by atoms with Crippen LogP contribution in [0.4, 0.5) is 0 Å². The molecule has 2 saturated heterocycles. The van der Waals surface area contributed by atoms with Gasteiger partial charge in [0.1, 0.15) is 18.3 Å². The van der Waals surface area contributed by atoms with E-state index in [2.05, 4.69) is 46.4 Å². The molecule has 0 aliphatic carbocycles. The average Bonchev–Trinajstić information content (AvgIpc) is 3.51. The SMILES string of the molecule is O[C@@H]1CO[C@@H]2[C@H]1OC[C@@H]2Oc1nc2cc(-c3ccc(-c4ccccc4)cc3)c(Cl)cc2[nH]1. The third-order valence-electron chi connectivity index (χ3n) is 6.10. The number of aliphatic hydroxyl groups is 1. The van der Waals surface area contributed by atoms with Gasteiger partial charge in [-0.3, -0.25) is 0 Å². The van der Waals surface area contributed by atoms with Crippen molar-refractivity contribution in [1.82, 2.24) is 9.97 Å². The fourth-order valence-electron chi connectivity index (χ4n) is 4.45. The van der Waals surface area contributed by atoms with Crippen LogP contribution in [0.2, 0.25) is 5.02 Å². The van der Waals surface area contributed by atoms with E-state index in [4.69, 9.17) is 25.8 Å². The van der Waals surface area contributed by atoms with E-state index in [0.29, 0.717) is 17.6 Å². The maximum atomic E-state index is 9.91. The number of nitrogens with one attached hydrogen (secondary N) is 1. The van der Waals surface area contributed by atoms with E-state index in [1.54, 1.807) is 0 Å². The standard InChI is InChI=1S/C25H21ClN2O4/c26-18-11-20-19(27-25(28-20)32-22-13-31-23-21(29)12-30-24(22)23)10-17(18)16-8-6-15(7-9-16)14-4-2-1-3-5-14/h1-11,21-24,29H,12-13H2,(H,27,28)/t21-,22+,23+,24+/m1/s1. The smallest absolute Gasteiger partial charge is 0.295 e. The van der Waals surface area contributed by atoms with Gasteiger partial charge in [0.25, 0.3) is 6.01 Å². The molecule has 2 aliphatic heterocycles. The van der Waals surface area contributed by atoms with Gasteiger partial charge in [-0.2, -0.15) is 4.98 Å². The average molecular weight is 449 g/mol. The van der Waals surface area contributed by atoms with Gasteiger partial charge >= 0.3 is 0 Å². The second kappa shape index (κ2) is 7.90. The Morgan fingerprint density at radius 3 is 2.44 bits per heavy atom. The van der Waals surface area contributed by atoms with Gasteiger partial charge < -0.3 is 24.3 Å². The van der Waals surface area contributed by atoms with Gasteiger partial charge in [0.15, 0.2) is 6.10 Å². The molecule has 2 N–H and O–H groups in total. The molecular weight excluding hydrogens is 428 g/mol. The molecule has 3 aromatic carbocycles. The Labute approximate surface area is 189 Å². The quantitative estimate of drug-likeness (QED) is 0.482. The molecule has 32 heavy (non-hydrogen) atoms. The molecule has 2 fully saturated rings. The second-order valence-electron chi connectivity index (χ2n) is 8.15. The summed E-state index contributed by atoms with van der Waals surface area (Å²) in [4.78, 5) is 7.76. The van der Waals surface area contributed by atoms with Crippen LogP contribution < -0.4 is 4.74 Å². The number of fused-ring (bicyclic) bond motifs is 2. The van der Waals surface area contributed by atoms with E-state index in [1.165, 1.54) is 5.56 Å².